The van der Waals surface area contributed by atoms with Crippen molar-refractivity contribution >= 4 is 27.6 Å². The highest BCUT2D eigenvalue weighted by Gasteiger charge is 2.09. The van der Waals surface area contributed by atoms with E-state index in [-0.39, 0.29) is 24.5 Å². The third-order valence-electron chi connectivity index (χ3n) is 3.17. The monoisotopic (exact) mass is 360 g/mol. The van der Waals surface area contributed by atoms with Gasteiger partial charge in [0.25, 0.3) is 0 Å². The normalized spacial score (nSPS) is 10.2. The van der Waals surface area contributed by atoms with Crippen LogP contribution in [0.15, 0.2) is 53.1 Å². The Balaban J connectivity index is 1.69. The third kappa shape index (κ3) is 5.41. The van der Waals surface area contributed by atoms with Gasteiger partial charge in [0.2, 0.25) is 5.91 Å². The second-order valence-corrected chi connectivity index (χ2v) is 5.77. The first kappa shape index (κ1) is 16.4. The summed E-state index contributed by atoms with van der Waals surface area (Å²) >= 11 is 3.32. The average molecular weight is 361 g/mol. The smallest absolute Gasteiger partial charge is 0.220 e. The lowest BCUT2D eigenvalue weighted by Gasteiger charge is -2.05. The first-order chi connectivity index (χ1) is 10.6. The molecule has 1 N–H and O–H groups in total. The predicted molar refractivity (Wildman–Crippen MR) is 88.7 cm³/mol. The Morgan fingerprint density at radius 3 is 2.50 bits per heavy atom. The van der Waals surface area contributed by atoms with Gasteiger partial charge < -0.3 is 5.32 Å². The van der Waals surface area contributed by atoms with Crippen molar-refractivity contribution in [2.75, 3.05) is 6.54 Å². The number of pyridine rings is 1. The average Bonchev–Trinajstić information content (AvgIpc) is 2.54. The maximum Gasteiger partial charge on any atom is 0.220 e. The van der Waals surface area contributed by atoms with E-state index >= 15 is 0 Å². The summed E-state index contributed by atoms with van der Waals surface area (Å²) in [6, 6.07) is 12.8. The maximum absolute atomic E-state index is 12.0. The van der Waals surface area contributed by atoms with Crippen molar-refractivity contribution in [2.24, 2.45) is 0 Å². The van der Waals surface area contributed by atoms with Crippen LogP contribution in [-0.2, 0) is 11.2 Å². The molecule has 0 unspecified atom stereocenters. The summed E-state index contributed by atoms with van der Waals surface area (Å²) in [5.41, 5.74) is 1.57. The number of rotatable bonds is 7. The summed E-state index contributed by atoms with van der Waals surface area (Å²) in [5, 5.41) is 2.81. The Bertz CT molecular complexity index is 627. The number of nitrogens with one attached hydrogen (secondary N) is 1. The number of hydrogen-bond acceptors (Lipinski definition) is 3. The second-order valence-electron chi connectivity index (χ2n) is 4.85. The number of carbonyl (C=O) groups excluding carboxylic acids is 2. The number of Topliss-reactive ketones (excluding diaryl/α,β-unsaturated/α-hetero) is 1. The van der Waals surface area contributed by atoms with Crippen LogP contribution in [0.1, 0.15) is 28.9 Å². The number of amides is 1. The molecule has 5 heteroatoms. The Kier molecular flexibility index (Phi) is 6.27. The van der Waals surface area contributed by atoms with E-state index in [4.69, 9.17) is 0 Å². The summed E-state index contributed by atoms with van der Waals surface area (Å²) in [7, 11) is 0. The number of halogens is 1. The van der Waals surface area contributed by atoms with Gasteiger partial charge in [-0.15, -0.1) is 0 Å². The van der Waals surface area contributed by atoms with E-state index in [1.165, 1.54) is 0 Å². The zero-order valence-electron chi connectivity index (χ0n) is 12.1. The van der Waals surface area contributed by atoms with Gasteiger partial charge in [-0.2, -0.15) is 0 Å². The van der Waals surface area contributed by atoms with Crippen molar-refractivity contribution in [1.29, 1.82) is 0 Å². The summed E-state index contributed by atoms with van der Waals surface area (Å²) in [6.45, 7) is 0.530. The minimum Gasteiger partial charge on any atom is -0.356 e. The Hall–Kier alpha value is -2.01. The van der Waals surface area contributed by atoms with Crippen LogP contribution in [0.3, 0.4) is 0 Å². The highest BCUT2D eigenvalue weighted by molar-refractivity contribution is 9.10. The fraction of sp³-hybridized carbons (Fsp3) is 0.235. The van der Waals surface area contributed by atoms with Crippen molar-refractivity contribution in [3.8, 4) is 0 Å². The Labute approximate surface area is 138 Å². The van der Waals surface area contributed by atoms with Crippen molar-refractivity contribution in [1.82, 2.24) is 10.3 Å². The molecule has 2 rings (SSSR count). The van der Waals surface area contributed by atoms with Gasteiger partial charge in [-0.3, -0.25) is 14.6 Å². The van der Waals surface area contributed by atoms with Gasteiger partial charge in [0, 0.05) is 47.7 Å². The number of ketones is 1. The van der Waals surface area contributed by atoms with E-state index in [2.05, 4.69) is 26.2 Å². The fourth-order valence-electron chi connectivity index (χ4n) is 1.97. The fourth-order valence-corrected chi connectivity index (χ4v) is 2.24. The number of benzene rings is 1. The zero-order valence-corrected chi connectivity index (χ0v) is 13.7. The first-order valence-corrected chi connectivity index (χ1v) is 7.90. The van der Waals surface area contributed by atoms with E-state index < -0.39 is 0 Å². The summed E-state index contributed by atoms with van der Waals surface area (Å²) < 4.78 is 0.927. The molecule has 0 aliphatic carbocycles. The zero-order chi connectivity index (χ0) is 15.8. The molecule has 0 saturated heterocycles. The van der Waals surface area contributed by atoms with Crippen molar-refractivity contribution in [2.45, 2.75) is 19.3 Å². The van der Waals surface area contributed by atoms with Crippen molar-refractivity contribution in [3.63, 3.8) is 0 Å². The molecule has 0 saturated carbocycles. The molecular weight excluding hydrogens is 344 g/mol. The van der Waals surface area contributed by atoms with Gasteiger partial charge in [0.15, 0.2) is 5.78 Å². The lowest BCUT2D eigenvalue weighted by molar-refractivity contribution is -0.121. The minimum atomic E-state index is -0.110. The second kappa shape index (κ2) is 8.44. The Morgan fingerprint density at radius 1 is 1.05 bits per heavy atom. The molecule has 0 fully saturated rings. The third-order valence-corrected chi connectivity index (χ3v) is 3.70. The molecule has 114 valence electrons. The minimum absolute atomic E-state index is 0.0209. The number of carbonyl (C=O) groups is 2. The van der Waals surface area contributed by atoms with Crippen LogP contribution in [0.4, 0.5) is 0 Å². The van der Waals surface area contributed by atoms with Crippen LogP contribution in [0.2, 0.25) is 0 Å². The highest BCUT2D eigenvalue weighted by atomic mass is 79.9. The van der Waals surface area contributed by atoms with Gasteiger partial charge >= 0.3 is 0 Å². The quantitative estimate of drug-likeness (QED) is 0.771. The lowest BCUT2D eigenvalue weighted by atomic mass is 10.1. The number of aromatic nitrogens is 1. The SMILES string of the molecule is O=C(CCC(=O)c1ccc(Br)cc1)NCCc1ccccn1. The molecule has 0 bridgehead atoms. The topological polar surface area (TPSA) is 59.1 Å². The highest BCUT2D eigenvalue weighted by Crippen LogP contribution is 2.12. The summed E-state index contributed by atoms with van der Waals surface area (Å²) in [4.78, 5) is 27.9. The van der Waals surface area contributed by atoms with Crippen LogP contribution in [0.25, 0.3) is 0 Å². The molecular formula is C17H17BrN2O2. The molecule has 1 aromatic carbocycles. The molecule has 2 aromatic rings. The van der Waals surface area contributed by atoms with Gasteiger partial charge in [-0.1, -0.05) is 34.1 Å². The van der Waals surface area contributed by atoms with Crippen LogP contribution in [-0.4, -0.2) is 23.2 Å². The molecule has 0 spiro atoms. The van der Waals surface area contributed by atoms with E-state index in [1.807, 2.05) is 30.3 Å². The maximum atomic E-state index is 12.0. The standard InChI is InChI=1S/C17H17BrN2O2/c18-14-6-4-13(5-7-14)16(21)8-9-17(22)20-12-10-15-3-1-2-11-19-15/h1-7,11H,8-10,12H2,(H,20,22). The predicted octanol–water partition coefficient (Wildman–Crippen LogP) is 3.17. The molecule has 1 heterocycles. The van der Waals surface area contributed by atoms with Crippen LogP contribution >= 0.6 is 15.9 Å². The molecule has 22 heavy (non-hydrogen) atoms. The van der Waals surface area contributed by atoms with Crippen LogP contribution < -0.4 is 5.32 Å². The van der Waals surface area contributed by atoms with Gasteiger partial charge in [-0.05, 0) is 24.3 Å². The van der Waals surface area contributed by atoms with Crippen molar-refractivity contribution in [3.05, 3.63) is 64.4 Å². The van der Waals surface area contributed by atoms with Crippen molar-refractivity contribution < 1.29 is 9.59 Å². The Morgan fingerprint density at radius 2 is 1.82 bits per heavy atom. The van der Waals surface area contributed by atoms with E-state index in [0.717, 1.165) is 10.2 Å². The van der Waals surface area contributed by atoms with Gasteiger partial charge in [0.05, 0.1) is 0 Å². The van der Waals surface area contributed by atoms with Crippen LogP contribution in [0.5, 0.6) is 0 Å². The lowest BCUT2D eigenvalue weighted by Crippen LogP contribution is -2.26. The largest absolute Gasteiger partial charge is 0.356 e. The molecule has 1 aromatic heterocycles. The van der Waals surface area contributed by atoms with Gasteiger partial charge in [0.1, 0.15) is 0 Å². The molecule has 0 radical (unpaired) electrons. The summed E-state index contributed by atoms with van der Waals surface area (Å²) in [5.74, 6) is -0.131. The number of nitrogens with zero attached hydrogens (tertiary/aromatic N) is 1. The van der Waals surface area contributed by atoms with E-state index in [1.54, 1.807) is 18.3 Å². The van der Waals surface area contributed by atoms with E-state index in [9.17, 15) is 9.59 Å². The molecule has 0 atom stereocenters. The van der Waals surface area contributed by atoms with E-state index in [0.29, 0.717) is 18.5 Å². The summed E-state index contributed by atoms with van der Waals surface area (Å²) in [6.07, 6.45) is 2.84. The first-order valence-electron chi connectivity index (χ1n) is 7.10. The van der Waals surface area contributed by atoms with Crippen LogP contribution in [0, 0.1) is 0 Å². The molecule has 4 nitrogen and oxygen atoms in total. The molecule has 0 aliphatic rings. The number of hydrogen-bond donors (Lipinski definition) is 1. The van der Waals surface area contributed by atoms with Gasteiger partial charge in [-0.25, -0.2) is 0 Å². The molecule has 1 amide bonds. The molecule has 0 aliphatic heterocycles.